The topological polar surface area (TPSA) is 87.3 Å². The molecule has 2 N–H and O–H groups in total. The van der Waals surface area contributed by atoms with Gasteiger partial charge >= 0.3 is 6.09 Å². The Bertz CT molecular complexity index is 840. The number of nitrogens with one attached hydrogen (secondary N) is 2. The molecule has 0 bridgehead atoms. The Morgan fingerprint density at radius 3 is 2.67 bits per heavy atom. The van der Waals surface area contributed by atoms with Gasteiger partial charge in [-0.3, -0.25) is 9.89 Å². The van der Waals surface area contributed by atoms with Crippen LogP contribution in [0.25, 0.3) is 0 Å². The monoisotopic (exact) mass is 390 g/mol. The molecule has 0 atom stereocenters. The van der Waals surface area contributed by atoms with E-state index in [2.05, 4.69) is 15.5 Å². The molecule has 0 radical (unpaired) electrons. The summed E-state index contributed by atoms with van der Waals surface area (Å²) >= 11 is 5.86. The molecule has 1 aromatic carbocycles. The normalized spacial score (nSPS) is 13.9. The standard InChI is InChI=1S/C19H23ClN4O3/c1-19(2,3)27-18(26)24-9-8-14-15(11-24)22-23-17(14)21-16(25)10-12-4-6-13(20)7-5-12/h4-7H,8-11H2,1-3H3,(H2,21,22,23,25). The molecule has 0 aliphatic carbocycles. The highest BCUT2D eigenvalue weighted by Crippen LogP contribution is 2.25. The number of rotatable bonds is 3. The second-order valence-electron chi connectivity index (χ2n) is 7.53. The van der Waals surface area contributed by atoms with Crippen LogP contribution in [0, 0.1) is 0 Å². The quantitative estimate of drug-likeness (QED) is 0.839. The summed E-state index contributed by atoms with van der Waals surface area (Å²) in [5, 5.41) is 10.6. The van der Waals surface area contributed by atoms with Crippen molar-refractivity contribution in [3.8, 4) is 0 Å². The lowest BCUT2D eigenvalue weighted by Crippen LogP contribution is -2.40. The SMILES string of the molecule is CC(C)(C)OC(=O)N1CCc2c(NC(=O)Cc3ccc(Cl)cc3)n[nH]c2C1. The van der Waals surface area contributed by atoms with Crippen LogP contribution in [0.1, 0.15) is 37.6 Å². The van der Waals surface area contributed by atoms with Crippen LogP contribution in [-0.4, -0.2) is 39.2 Å². The lowest BCUT2D eigenvalue weighted by molar-refractivity contribution is -0.115. The zero-order valence-corrected chi connectivity index (χ0v) is 16.4. The van der Waals surface area contributed by atoms with E-state index in [0.29, 0.717) is 30.4 Å². The summed E-state index contributed by atoms with van der Waals surface area (Å²) in [5.74, 6) is 0.369. The molecule has 0 fully saturated rings. The number of ether oxygens (including phenoxy) is 1. The van der Waals surface area contributed by atoms with E-state index in [0.717, 1.165) is 16.8 Å². The van der Waals surface area contributed by atoms with Crippen molar-refractivity contribution in [2.75, 3.05) is 11.9 Å². The van der Waals surface area contributed by atoms with Gasteiger partial charge in [0.25, 0.3) is 0 Å². The minimum Gasteiger partial charge on any atom is -0.444 e. The van der Waals surface area contributed by atoms with E-state index >= 15 is 0 Å². The number of nitrogens with zero attached hydrogens (tertiary/aromatic N) is 2. The van der Waals surface area contributed by atoms with E-state index < -0.39 is 5.60 Å². The van der Waals surface area contributed by atoms with Gasteiger partial charge in [-0.1, -0.05) is 23.7 Å². The van der Waals surface area contributed by atoms with E-state index in [1.165, 1.54) is 0 Å². The molecule has 1 aromatic heterocycles. The second-order valence-corrected chi connectivity index (χ2v) is 7.97. The fourth-order valence-corrected chi connectivity index (χ4v) is 2.99. The first-order valence-electron chi connectivity index (χ1n) is 8.79. The predicted octanol–water partition coefficient (Wildman–Crippen LogP) is 3.54. The van der Waals surface area contributed by atoms with Gasteiger partial charge in [-0.2, -0.15) is 5.10 Å². The highest BCUT2D eigenvalue weighted by molar-refractivity contribution is 6.30. The number of carbonyl (C=O) groups is 2. The molecule has 0 unspecified atom stereocenters. The van der Waals surface area contributed by atoms with Gasteiger partial charge in [0.05, 0.1) is 18.7 Å². The zero-order chi connectivity index (χ0) is 19.6. The lowest BCUT2D eigenvalue weighted by Gasteiger charge is -2.29. The summed E-state index contributed by atoms with van der Waals surface area (Å²) in [6.45, 7) is 6.41. The van der Waals surface area contributed by atoms with E-state index in [1.807, 2.05) is 32.9 Å². The van der Waals surface area contributed by atoms with Gasteiger partial charge in [0.2, 0.25) is 5.91 Å². The number of hydrogen-bond donors (Lipinski definition) is 2. The first kappa shape index (κ1) is 19.2. The zero-order valence-electron chi connectivity index (χ0n) is 15.6. The van der Waals surface area contributed by atoms with E-state index in [9.17, 15) is 9.59 Å². The Morgan fingerprint density at radius 1 is 1.30 bits per heavy atom. The molecule has 7 nitrogen and oxygen atoms in total. The number of carbonyl (C=O) groups excluding carboxylic acids is 2. The molecule has 144 valence electrons. The Morgan fingerprint density at radius 2 is 2.00 bits per heavy atom. The third-order valence-corrected chi connectivity index (χ3v) is 4.37. The van der Waals surface area contributed by atoms with Crippen molar-refractivity contribution in [1.29, 1.82) is 0 Å². The Balaban J connectivity index is 1.61. The van der Waals surface area contributed by atoms with Crippen molar-refractivity contribution in [3.63, 3.8) is 0 Å². The molecular formula is C19H23ClN4O3. The summed E-state index contributed by atoms with van der Waals surface area (Å²) in [6, 6.07) is 7.15. The average molecular weight is 391 g/mol. The van der Waals surface area contributed by atoms with Gasteiger partial charge in [-0.25, -0.2) is 4.79 Å². The van der Waals surface area contributed by atoms with Gasteiger partial charge in [-0.05, 0) is 44.9 Å². The second kappa shape index (κ2) is 7.60. The number of anilines is 1. The predicted molar refractivity (Wildman–Crippen MR) is 103 cm³/mol. The molecule has 1 aliphatic heterocycles. The molecule has 0 saturated heterocycles. The lowest BCUT2D eigenvalue weighted by atomic mass is 10.1. The van der Waals surface area contributed by atoms with E-state index in [-0.39, 0.29) is 18.4 Å². The molecule has 2 amide bonds. The molecule has 2 heterocycles. The largest absolute Gasteiger partial charge is 0.444 e. The number of halogens is 1. The molecular weight excluding hydrogens is 368 g/mol. The van der Waals surface area contributed by atoms with E-state index in [1.54, 1.807) is 17.0 Å². The molecule has 0 spiro atoms. The van der Waals surface area contributed by atoms with Crippen molar-refractivity contribution in [2.45, 2.75) is 45.8 Å². The summed E-state index contributed by atoms with van der Waals surface area (Å²) in [5.41, 5.74) is 2.08. The number of aromatic amines is 1. The highest BCUT2D eigenvalue weighted by Gasteiger charge is 2.28. The maximum atomic E-state index is 12.3. The highest BCUT2D eigenvalue weighted by atomic mass is 35.5. The van der Waals surface area contributed by atoms with Gasteiger partial charge in [0.1, 0.15) is 5.60 Å². The maximum absolute atomic E-state index is 12.3. The fourth-order valence-electron chi connectivity index (χ4n) is 2.87. The van der Waals surface area contributed by atoms with Crippen LogP contribution in [0.4, 0.5) is 10.6 Å². The minimum atomic E-state index is -0.536. The van der Waals surface area contributed by atoms with Crippen molar-refractivity contribution in [3.05, 3.63) is 46.1 Å². The van der Waals surface area contributed by atoms with Crippen LogP contribution in [0.15, 0.2) is 24.3 Å². The maximum Gasteiger partial charge on any atom is 0.410 e. The molecule has 27 heavy (non-hydrogen) atoms. The number of amides is 2. The number of fused-ring (bicyclic) bond motifs is 1. The number of benzene rings is 1. The smallest absolute Gasteiger partial charge is 0.410 e. The summed E-state index contributed by atoms with van der Waals surface area (Å²) in [4.78, 5) is 26.2. The fraction of sp³-hybridized carbons (Fsp3) is 0.421. The summed E-state index contributed by atoms with van der Waals surface area (Å²) in [7, 11) is 0. The van der Waals surface area contributed by atoms with Crippen LogP contribution in [0.3, 0.4) is 0 Å². The Kier molecular flexibility index (Phi) is 5.41. The molecule has 3 rings (SSSR count). The molecule has 1 aliphatic rings. The number of hydrogen-bond acceptors (Lipinski definition) is 4. The minimum absolute atomic E-state index is 0.152. The first-order chi connectivity index (χ1) is 12.7. The number of H-pyrrole nitrogens is 1. The van der Waals surface area contributed by atoms with Crippen LogP contribution in [0.2, 0.25) is 5.02 Å². The number of aromatic nitrogens is 2. The van der Waals surface area contributed by atoms with Crippen LogP contribution in [-0.2, 0) is 28.9 Å². The van der Waals surface area contributed by atoms with Crippen molar-refractivity contribution < 1.29 is 14.3 Å². The van der Waals surface area contributed by atoms with Crippen LogP contribution in [0.5, 0.6) is 0 Å². The van der Waals surface area contributed by atoms with Crippen molar-refractivity contribution >= 4 is 29.4 Å². The van der Waals surface area contributed by atoms with Gasteiger partial charge in [-0.15, -0.1) is 0 Å². The average Bonchev–Trinajstić information content (AvgIpc) is 2.97. The first-order valence-corrected chi connectivity index (χ1v) is 9.17. The Hall–Kier alpha value is -2.54. The van der Waals surface area contributed by atoms with Gasteiger partial charge < -0.3 is 15.0 Å². The van der Waals surface area contributed by atoms with Crippen LogP contribution < -0.4 is 5.32 Å². The van der Waals surface area contributed by atoms with Crippen LogP contribution >= 0.6 is 11.6 Å². The molecule has 0 saturated carbocycles. The van der Waals surface area contributed by atoms with Gasteiger partial charge in [0.15, 0.2) is 5.82 Å². The molecule has 8 heteroatoms. The summed E-state index contributed by atoms with van der Waals surface area (Å²) in [6.07, 6.45) is 0.487. The molecule has 2 aromatic rings. The van der Waals surface area contributed by atoms with E-state index in [4.69, 9.17) is 16.3 Å². The van der Waals surface area contributed by atoms with Gasteiger partial charge in [0, 0.05) is 17.1 Å². The summed E-state index contributed by atoms with van der Waals surface area (Å²) < 4.78 is 5.41. The van der Waals surface area contributed by atoms with Crippen molar-refractivity contribution in [2.24, 2.45) is 0 Å². The third-order valence-electron chi connectivity index (χ3n) is 4.12. The Labute approximate surface area is 163 Å². The van der Waals surface area contributed by atoms with Crippen molar-refractivity contribution in [1.82, 2.24) is 15.1 Å². The third kappa shape index (κ3) is 5.01.